The van der Waals surface area contributed by atoms with Crippen LogP contribution in [0.5, 0.6) is 0 Å². The maximum absolute atomic E-state index is 13.1. The topological polar surface area (TPSA) is 95.9 Å². The summed E-state index contributed by atoms with van der Waals surface area (Å²) in [4.78, 5) is 26.0. The first kappa shape index (κ1) is 56.6. The summed E-state index contributed by atoms with van der Waals surface area (Å²) in [5.41, 5.74) is 0. The Hall–Kier alpha value is -1.40. The Labute approximate surface area is 361 Å². The maximum Gasteiger partial charge on any atom is 0.306 e. The monoisotopic (exact) mass is 820 g/mol. The van der Waals surface area contributed by atoms with Crippen LogP contribution in [0.3, 0.4) is 0 Å². The molecule has 3 unspecified atom stereocenters. The summed E-state index contributed by atoms with van der Waals surface area (Å²) in [5.74, 6) is -0.469. The molecular weight excluding hydrogens is 719 g/mol. The van der Waals surface area contributed by atoms with Crippen molar-refractivity contribution in [1.29, 1.82) is 0 Å². The van der Waals surface area contributed by atoms with E-state index in [-0.39, 0.29) is 24.9 Å². The summed E-state index contributed by atoms with van der Waals surface area (Å²) >= 11 is 0. The number of carbonyl (C=O) groups is 2. The second-order valence-electron chi connectivity index (χ2n) is 17.9. The van der Waals surface area contributed by atoms with Crippen LogP contribution >= 0.6 is 0 Å². The smallest absolute Gasteiger partial charge is 0.306 e. The molecule has 0 heterocycles. The first-order valence-electron chi connectivity index (χ1n) is 25.9. The van der Waals surface area contributed by atoms with Gasteiger partial charge in [0, 0.05) is 6.42 Å². The average Bonchev–Trinajstić information content (AvgIpc) is 3.21. The van der Waals surface area contributed by atoms with Crippen molar-refractivity contribution in [2.75, 3.05) is 6.61 Å². The van der Waals surface area contributed by atoms with E-state index in [1.165, 1.54) is 193 Å². The van der Waals surface area contributed by atoms with E-state index in [1.807, 2.05) is 0 Å². The Morgan fingerprint density at radius 3 is 1.24 bits per heavy atom. The molecule has 6 nitrogen and oxygen atoms in total. The van der Waals surface area contributed by atoms with Gasteiger partial charge >= 0.3 is 5.97 Å². The predicted molar refractivity (Wildman–Crippen MR) is 250 cm³/mol. The van der Waals surface area contributed by atoms with Crippen molar-refractivity contribution < 1.29 is 24.5 Å². The Kier molecular flexibility index (Phi) is 45.5. The van der Waals surface area contributed by atoms with Gasteiger partial charge in [-0.1, -0.05) is 232 Å². The lowest BCUT2D eigenvalue weighted by Gasteiger charge is -2.24. The van der Waals surface area contributed by atoms with Crippen LogP contribution in [-0.2, 0) is 14.3 Å². The van der Waals surface area contributed by atoms with Crippen molar-refractivity contribution in [3.05, 3.63) is 12.2 Å². The van der Waals surface area contributed by atoms with Crippen LogP contribution in [0.4, 0.5) is 0 Å². The fourth-order valence-corrected chi connectivity index (χ4v) is 8.13. The standard InChI is InChI=1S/C52H101NO5/c1-4-7-10-13-16-18-20-22-24-25-27-28-30-32-35-38-41-44-50(55)49(47-54)53-51(56)46-48(43-40-37-34-15-12-9-6-3)58-52(57)45-42-39-36-33-31-29-26-23-21-19-17-14-11-8-5-2/h19,21,48-50,54-55H,4-18,20,22-47H2,1-3H3,(H,53,56)/b21-19-. The third kappa shape index (κ3) is 41.3. The second-order valence-corrected chi connectivity index (χ2v) is 17.9. The molecule has 0 aliphatic rings. The van der Waals surface area contributed by atoms with Crippen molar-refractivity contribution in [3.8, 4) is 0 Å². The van der Waals surface area contributed by atoms with E-state index in [1.54, 1.807) is 0 Å². The van der Waals surface area contributed by atoms with E-state index in [0.29, 0.717) is 19.3 Å². The third-order valence-corrected chi connectivity index (χ3v) is 12.1. The number of hydrogen-bond acceptors (Lipinski definition) is 5. The maximum atomic E-state index is 13.1. The minimum Gasteiger partial charge on any atom is -0.462 e. The fraction of sp³-hybridized carbons (Fsp3) is 0.923. The number of amides is 1. The van der Waals surface area contributed by atoms with E-state index in [2.05, 4.69) is 38.2 Å². The summed E-state index contributed by atoms with van der Waals surface area (Å²) in [6.45, 7) is 6.46. The first-order valence-corrected chi connectivity index (χ1v) is 25.9. The molecule has 3 N–H and O–H groups in total. The molecule has 0 radical (unpaired) electrons. The lowest BCUT2D eigenvalue weighted by Crippen LogP contribution is -2.46. The van der Waals surface area contributed by atoms with Gasteiger partial charge in [0.25, 0.3) is 0 Å². The van der Waals surface area contributed by atoms with Gasteiger partial charge in [-0.15, -0.1) is 0 Å². The Morgan fingerprint density at radius 2 is 0.828 bits per heavy atom. The quantitative estimate of drug-likeness (QED) is 0.0323. The molecule has 0 aliphatic heterocycles. The molecular formula is C52H101NO5. The van der Waals surface area contributed by atoms with Crippen molar-refractivity contribution in [2.45, 2.75) is 302 Å². The van der Waals surface area contributed by atoms with Gasteiger partial charge in [0.15, 0.2) is 0 Å². The summed E-state index contributed by atoms with van der Waals surface area (Å²) < 4.78 is 5.90. The molecule has 0 saturated heterocycles. The second kappa shape index (κ2) is 46.7. The van der Waals surface area contributed by atoms with Gasteiger partial charge in [0.2, 0.25) is 5.91 Å². The number of ether oxygens (including phenoxy) is 1. The number of aliphatic hydroxyl groups is 2. The van der Waals surface area contributed by atoms with Crippen molar-refractivity contribution in [3.63, 3.8) is 0 Å². The molecule has 0 fully saturated rings. The van der Waals surface area contributed by atoms with E-state index < -0.39 is 18.2 Å². The summed E-state index contributed by atoms with van der Waals surface area (Å²) in [5, 5.41) is 23.7. The molecule has 0 saturated carbocycles. The summed E-state index contributed by atoms with van der Waals surface area (Å²) in [6.07, 6.45) is 51.4. The summed E-state index contributed by atoms with van der Waals surface area (Å²) in [7, 11) is 0. The zero-order chi connectivity index (χ0) is 42.4. The Bertz CT molecular complexity index is 878. The lowest BCUT2D eigenvalue weighted by atomic mass is 10.0. The van der Waals surface area contributed by atoms with E-state index in [0.717, 1.165) is 44.9 Å². The zero-order valence-corrected chi connectivity index (χ0v) is 39.2. The number of nitrogens with one attached hydrogen (secondary N) is 1. The first-order chi connectivity index (χ1) is 28.5. The fourth-order valence-electron chi connectivity index (χ4n) is 8.13. The highest BCUT2D eigenvalue weighted by molar-refractivity contribution is 5.77. The molecule has 0 aromatic rings. The number of carbonyl (C=O) groups excluding carboxylic acids is 2. The molecule has 0 rings (SSSR count). The zero-order valence-electron chi connectivity index (χ0n) is 39.2. The number of esters is 1. The van der Waals surface area contributed by atoms with Crippen LogP contribution in [0.1, 0.15) is 284 Å². The molecule has 0 aromatic heterocycles. The minimum absolute atomic E-state index is 0.0813. The van der Waals surface area contributed by atoms with Gasteiger partial charge < -0.3 is 20.3 Å². The predicted octanol–water partition coefficient (Wildman–Crippen LogP) is 15.3. The highest BCUT2D eigenvalue weighted by Gasteiger charge is 2.24. The van der Waals surface area contributed by atoms with Gasteiger partial charge in [-0.2, -0.15) is 0 Å². The third-order valence-electron chi connectivity index (χ3n) is 12.1. The molecule has 0 spiro atoms. The molecule has 1 amide bonds. The van der Waals surface area contributed by atoms with Crippen LogP contribution in [0.15, 0.2) is 12.2 Å². The van der Waals surface area contributed by atoms with Gasteiger partial charge in [-0.3, -0.25) is 9.59 Å². The molecule has 3 atom stereocenters. The number of hydrogen-bond donors (Lipinski definition) is 3. The largest absolute Gasteiger partial charge is 0.462 e. The van der Waals surface area contributed by atoms with Crippen molar-refractivity contribution in [1.82, 2.24) is 5.32 Å². The highest BCUT2D eigenvalue weighted by Crippen LogP contribution is 2.18. The van der Waals surface area contributed by atoms with Gasteiger partial charge in [0.05, 0.1) is 25.2 Å². The van der Waals surface area contributed by atoms with Crippen LogP contribution in [-0.4, -0.2) is 46.9 Å². The molecule has 6 heteroatoms. The van der Waals surface area contributed by atoms with Gasteiger partial charge in [-0.05, 0) is 51.4 Å². The average molecular weight is 820 g/mol. The number of allylic oxidation sites excluding steroid dienone is 2. The molecule has 0 bridgehead atoms. The van der Waals surface area contributed by atoms with Crippen LogP contribution in [0.2, 0.25) is 0 Å². The lowest BCUT2D eigenvalue weighted by molar-refractivity contribution is -0.151. The van der Waals surface area contributed by atoms with Crippen LogP contribution in [0, 0.1) is 0 Å². The number of unbranched alkanes of at least 4 members (excludes halogenated alkanes) is 33. The SMILES string of the molecule is CCCCCC/C=C\CCCCCCCCCC(=O)OC(CCCCCCCCC)CC(=O)NC(CO)C(O)CCCCCCCCCCCCCCCCCCC. The van der Waals surface area contributed by atoms with E-state index >= 15 is 0 Å². The highest BCUT2D eigenvalue weighted by atomic mass is 16.5. The molecule has 0 aliphatic carbocycles. The summed E-state index contributed by atoms with van der Waals surface area (Å²) in [6, 6.07) is -0.694. The van der Waals surface area contributed by atoms with Crippen LogP contribution in [0.25, 0.3) is 0 Å². The normalized spacial score (nSPS) is 13.3. The van der Waals surface area contributed by atoms with E-state index in [9.17, 15) is 19.8 Å². The Balaban J connectivity index is 4.31. The number of aliphatic hydroxyl groups excluding tert-OH is 2. The Morgan fingerprint density at radius 1 is 0.483 bits per heavy atom. The van der Waals surface area contributed by atoms with Gasteiger partial charge in [0.1, 0.15) is 6.10 Å². The minimum atomic E-state index is -0.781. The van der Waals surface area contributed by atoms with Crippen molar-refractivity contribution >= 4 is 11.9 Å². The molecule has 344 valence electrons. The van der Waals surface area contributed by atoms with Gasteiger partial charge in [-0.25, -0.2) is 0 Å². The van der Waals surface area contributed by atoms with Crippen molar-refractivity contribution in [2.24, 2.45) is 0 Å². The van der Waals surface area contributed by atoms with Crippen LogP contribution < -0.4 is 5.32 Å². The van der Waals surface area contributed by atoms with E-state index in [4.69, 9.17) is 4.74 Å². The number of rotatable bonds is 47. The molecule has 58 heavy (non-hydrogen) atoms. The molecule has 0 aromatic carbocycles.